The van der Waals surface area contributed by atoms with Crippen molar-refractivity contribution in [1.29, 1.82) is 0 Å². The third kappa shape index (κ3) is 4.17. The number of amides is 1. The van der Waals surface area contributed by atoms with Gasteiger partial charge in [-0.1, -0.05) is 62.4 Å². The highest BCUT2D eigenvalue weighted by Gasteiger charge is 2.50. The monoisotopic (exact) mass is 448 g/mol. The molecule has 5 rings (SSSR count). The normalized spacial score (nSPS) is 25.9. The molecule has 5 heteroatoms. The van der Waals surface area contributed by atoms with Crippen LogP contribution in [-0.2, 0) is 4.74 Å². The summed E-state index contributed by atoms with van der Waals surface area (Å²) in [6, 6.07) is 17.0. The smallest absolute Gasteiger partial charge is 0.410 e. The molecule has 2 bridgehead atoms. The molecule has 2 fully saturated rings. The van der Waals surface area contributed by atoms with Crippen LogP contribution in [0.1, 0.15) is 63.0 Å². The summed E-state index contributed by atoms with van der Waals surface area (Å²) in [4.78, 5) is 17.5. The van der Waals surface area contributed by atoms with Crippen molar-refractivity contribution in [3.8, 4) is 11.1 Å². The van der Waals surface area contributed by atoms with Crippen LogP contribution in [0.25, 0.3) is 11.1 Å². The number of aliphatic hydroxyl groups is 1. The lowest BCUT2D eigenvalue weighted by atomic mass is 9.83. The first kappa shape index (κ1) is 22.4. The quantitative estimate of drug-likeness (QED) is 0.646. The molecule has 1 N–H and O–H groups in total. The molecule has 2 aliphatic heterocycles. The summed E-state index contributed by atoms with van der Waals surface area (Å²) in [7, 11) is 0. The van der Waals surface area contributed by atoms with Gasteiger partial charge in [0.15, 0.2) is 0 Å². The molecule has 1 amide bonds. The number of carbonyl (C=O) groups excluding carboxylic acids is 1. The van der Waals surface area contributed by atoms with E-state index in [2.05, 4.69) is 67.3 Å². The molecule has 5 nitrogen and oxygen atoms in total. The Morgan fingerprint density at radius 1 is 1.00 bits per heavy atom. The van der Waals surface area contributed by atoms with Gasteiger partial charge in [0.1, 0.15) is 6.61 Å². The Kier molecular flexibility index (Phi) is 6.19. The van der Waals surface area contributed by atoms with Crippen molar-refractivity contribution in [3.63, 3.8) is 0 Å². The first-order valence-corrected chi connectivity index (χ1v) is 12.6. The maximum absolute atomic E-state index is 13.2. The molecular formula is C28H36N2O3. The SMILES string of the molecule is CCN(CC)CCC1(O)CC2CCC(C1)N2C(=O)OCC1c2ccccc2-c2ccccc21. The number of fused-ring (bicyclic) bond motifs is 5. The van der Waals surface area contributed by atoms with Gasteiger partial charge in [0.25, 0.3) is 0 Å². The van der Waals surface area contributed by atoms with Crippen LogP contribution >= 0.6 is 0 Å². The second-order valence-corrected chi connectivity index (χ2v) is 10.0. The summed E-state index contributed by atoms with van der Waals surface area (Å²) in [5.41, 5.74) is 4.28. The number of hydrogen-bond donors (Lipinski definition) is 1. The molecule has 2 aromatic carbocycles. The molecular weight excluding hydrogens is 412 g/mol. The lowest BCUT2D eigenvalue weighted by Crippen LogP contribution is -2.54. The molecule has 176 valence electrons. The molecule has 0 saturated carbocycles. The summed E-state index contributed by atoms with van der Waals surface area (Å²) < 4.78 is 5.96. The zero-order valence-corrected chi connectivity index (χ0v) is 19.9. The molecule has 1 aliphatic carbocycles. The highest BCUT2D eigenvalue weighted by Crippen LogP contribution is 2.46. The van der Waals surface area contributed by atoms with E-state index in [4.69, 9.17) is 4.74 Å². The van der Waals surface area contributed by atoms with Crippen molar-refractivity contribution in [2.75, 3.05) is 26.2 Å². The minimum Gasteiger partial charge on any atom is -0.448 e. The predicted molar refractivity (Wildman–Crippen MR) is 130 cm³/mol. The number of ether oxygens (including phenoxy) is 1. The maximum Gasteiger partial charge on any atom is 0.410 e. The minimum absolute atomic E-state index is 0.0785. The number of carbonyl (C=O) groups is 1. The van der Waals surface area contributed by atoms with Crippen molar-refractivity contribution in [3.05, 3.63) is 59.7 Å². The third-order valence-corrected chi connectivity index (χ3v) is 8.19. The fourth-order valence-electron chi connectivity index (χ4n) is 6.40. The largest absolute Gasteiger partial charge is 0.448 e. The predicted octanol–water partition coefficient (Wildman–Crippen LogP) is 5.03. The summed E-state index contributed by atoms with van der Waals surface area (Å²) in [6.07, 6.45) is 3.81. The molecule has 2 heterocycles. The second-order valence-electron chi connectivity index (χ2n) is 10.0. The number of nitrogens with zero attached hydrogens (tertiary/aromatic N) is 2. The van der Waals surface area contributed by atoms with Gasteiger partial charge >= 0.3 is 6.09 Å². The Morgan fingerprint density at radius 2 is 1.55 bits per heavy atom. The first-order chi connectivity index (χ1) is 16.0. The number of rotatable bonds is 7. The zero-order valence-electron chi connectivity index (χ0n) is 19.9. The van der Waals surface area contributed by atoms with Crippen LogP contribution in [0.3, 0.4) is 0 Å². The average Bonchev–Trinajstić information content (AvgIpc) is 3.30. The van der Waals surface area contributed by atoms with Crippen LogP contribution in [0.2, 0.25) is 0 Å². The van der Waals surface area contributed by atoms with E-state index in [9.17, 15) is 9.90 Å². The van der Waals surface area contributed by atoms with Crippen molar-refractivity contribution < 1.29 is 14.6 Å². The molecule has 0 aromatic heterocycles. The van der Waals surface area contributed by atoms with Crippen molar-refractivity contribution >= 4 is 6.09 Å². The molecule has 2 saturated heterocycles. The Labute approximate surface area is 197 Å². The lowest BCUT2D eigenvalue weighted by Gasteiger charge is -2.43. The van der Waals surface area contributed by atoms with E-state index in [1.807, 2.05) is 4.90 Å². The Morgan fingerprint density at radius 3 is 2.09 bits per heavy atom. The van der Waals surface area contributed by atoms with Crippen LogP contribution < -0.4 is 0 Å². The molecule has 0 spiro atoms. The summed E-state index contributed by atoms with van der Waals surface area (Å²) in [5.74, 6) is 0.0785. The average molecular weight is 449 g/mol. The van der Waals surface area contributed by atoms with Gasteiger partial charge < -0.3 is 19.6 Å². The second kappa shape index (κ2) is 9.11. The van der Waals surface area contributed by atoms with Gasteiger partial charge in [-0.2, -0.15) is 0 Å². The van der Waals surface area contributed by atoms with Gasteiger partial charge in [-0.05, 0) is 67.4 Å². The van der Waals surface area contributed by atoms with E-state index in [1.165, 1.54) is 22.3 Å². The van der Waals surface area contributed by atoms with Crippen molar-refractivity contribution in [2.24, 2.45) is 0 Å². The van der Waals surface area contributed by atoms with E-state index in [0.29, 0.717) is 19.4 Å². The van der Waals surface area contributed by atoms with Crippen molar-refractivity contribution in [1.82, 2.24) is 9.80 Å². The van der Waals surface area contributed by atoms with E-state index in [1.54, 1.807) is 0 Å². The summed E-state index contributed by atoms with van der Waals surface area (Å²) in [5, 5.41) is 11.3. The van der Waals surface area contributed by atoms with Gasteiger partial charge in [-0.15, -0.1) is 0 Å². The Hall–Kier alpha value is -2.37. The highest BCUT2D eigenvalue weighted by molar-refractivity contribution is 5.79. The highest BCUT2D eigenvalue weighted by atomic mass is 16.6. The Bertz CT molecular complexity index is 943. The van der Waals surface area contributed by atoms with Gasteiger partial charge in [-0.25, -0.2) is 4.79 Å². The van der Waals surface area contributed by atoms with E-state index < -0.39 is 5.60 Å². The minimum atomic E-state index is -0.672. The number of benzene rings is 2. The summed E-state index contributed by atoms with van der Waals surface area (Å²) in [6.45, 7) is 7.60. The van der Waals surface area contributed by atoms with Gasteiger partial charge in [0, 0.05) is 24.5 Å². The fraction of sp³-hybridized carbons (Fsp3) is 0.536. The number of piperidine rings is 1. The Balaban J connectivity index is 1.24. The first-order valence-electron chi connectivity index (χ1n) is 12.6. The van der Waals surface area contributed by atoms with Crippen LogP contribution in [0.5, 0.6) is 0 Å². The standard InChI is InChI=1S/C28H36N2O3/c1-3-29(4-2)16-15-28(32)17-20-13-14-21(18-28)30(20)27(31)33-19-26-24-11-7-5-9-22(24)23-10-6-8-12-25(23)26/h5-12,20-21,26,32H,3-4,13-19H2,1-2H3. The lowest BCUT2D eigenvalue weighted by molar-refractivity contribution is -0.0575. The maximum atomic E-state index is 13.2. The van der Waals surface area contributed by atoms with Crippen LogP contribution in [-0.4, -0.2) is 64.9 Å². The topological polar surface area (TPSA) is 53.0 Å². The fourth-order valence-corrected chi connectivity index (χ4v) is 6.40. The van der Waals surface area contributed by atoms with Crippen LogP contribution in [0.15, 0.2) is 48.5 Å². The molecule has 3 aliphatic rings. The van der Waals surface area contributed by atoms with E-state index in [0.717, 1.165) is 38.9 Å². The summed E-state index contributed by atoms with van der Waals surface area (Å²) >= 11 is 0. The van der Waals surface area contributed by atoms with Crippen LogP contribution in [0.4, 0.5) is 4.79 Å². The third-order valence-electron chi connectivity index (χ3n) is 8.19. The van der Waals surface area contributed by atoms with E-state index >= 15 is 0 Å². The molecule has 2 unspecified atom stereocenters. The van der Waals surface area contributed by atoms with Crippen LogP contribution in [0, 0.1) is 0 Å². The molecule has 33 heavy (non-hydrogen) atoms. The molecule has 2 aromatic rings. The van der Waals surface area contributed by atoms with Gasteiger partial charge in [-0.3, -0.25) is 0 Å². The van der Waals surface area contributed by atoms with E-state index in [-0.39, 0.29) is 24.1 Å². The molecule has 2 atom stereocenters. The van der Waals surface area contributed by atoms with Gasteiger partial charge in [0.05, 0.1) is 5.60 Å². The number of hydrogen-bond acceptors (Lipinski definition) is 4. The van der Waals surface area contributed by atoms with Gasteiger partial charge in [0.2, 0.25) is 0 Å². The molecule has 0 radical (unpaired) electrons. The zero-order chi connectivity index (χ0) is 23.0. The van der Waals surface area contributed by atoms with Crippen molar-refractivity contribution in [2.45, 2.75) is 69.6 Å².